The van der Waals surface area contributed by atoms with Crippen molar-refractivity contribution in [1.29, 1.82) is 0 Å². The molecule has 0 atom stereocenters. The summed E-state index contributed by atoms with van der Waals surface area (Å²) >= 11 is 0. The second kappa shape index (κ2) is 9.04. The zero-order chi connectivity index (χ0) is 19.9. The Morgan fingerprint density at radius 3 is 2.14 bits per heavy atom. The fourth-order valence-corrected chi connectivity index (χ4v) is 3.04. The lowest BCUT2D eigenvalue weighted by molar-refractivity contribution is -0.672. The van der Waals surface area contributed by atoms with Crippen LogP contribution in [-0.4, -0.2) is 19.3 Å². The molecule has 0 aliphatic rings. The fourth-order valence-electron chi connectivity index (χ4n) is 3.04. The number of aryl methyl sites for hydroxylation is 1. The summed E-state index contributed by atoms with van der Waals surface area (Å²) in [7, 11) is 3.99. The van der Waals surface area contributed by atoms with Crippen molar-refractivity contribution in [2.75, 3.05) is 29.2 Å². The summed E-state index contributed by atoms with van der Waals surface area (Å²) in [4.78, 5) is 0. The van der Waals surface area contributed by atoms with Gasteiger partial charge in [0, 0.05) is 42.8 Å². The molecule has 0 aliphatic carbocycles. The van der Waals surface area contributed by atoms with Gasteiger partial charge in [0.25, 0.3) is 0 Å². The number of rotatable bonds is 7. The molecule has 0 aliphatic heterocycles. The smallest absolute Gasteiger partial charge is 0.228 e. The summed E-state index contributed by atoms with van der Waals surface area (Å²) in [5.74, 6) is 0. The Kier molecular flexibility index (Phi) is 6.27. The van der Waals surface area contributed by atoms with Crippen molar-refractivity contribution in [2.45, 2.75) is 13.8 Å². The minimum Gasteiger partial charge on any atom is -0.385 e. The Bertz CT molecular complexity index is 930. The maximum atomic E-state index is 4.72. The van der Waals surface area contributed by atoms with Crippen LogP contribution in [0.15, 0.2) is 78.0 Å². The first-order chi connectivity index (χ1) is 13.6. The Hall–Kier alpha value is -3.34. The molecular formula is C23H28N5+. The molecule has 1 aromatic heterocycles. The van der Waals surface area contributed by atoms with Crippen molar-refractivity contribution in [1.82, 2.24) is 0 Å². The minimum absolute atomic E-state index is 0.923. The third kappa shape index (κ3) is 4.88. The van der Waals surface area contributed by atoms with Gasteiger partial charge in [0.2, 0.25) is 5.69 Å². The summed E-state index contributed by atoms with van der Waals surface area (Å²) < 4.78 is 2.07. The van der Waals surface area contributed by atoms with E-state index in [0.29, 0.717) is 0 Å². The van der Waals surface area contributed by atoms with Gasteiger partial charge in [-0.15, -0.1) is 0 Å². The average molecular weight is 375 g/mol. The molecule has 0 radical (unpaired) electrons. The van der Waals surface area contributed by atoms with Crippen LogP contribution in [0.4, 0.5) is 22.7 Å². The number of nitrogens with zero attached hydrogens (tertiary/aromatic N) is 3. The van der Waals surface area contributed by atoms with Crippen LogP contribution in [0, 0.1) is 0 Å². The van der Waals surface area contributed by atoms with Crippen LogP contribution in [0.1, 0.15) is 19.5 Å². The van der Waals surface area contributed by atoms with Crippen LogP contribution in [0.5, 0.6) is 0 Å². The van der Waals surface area contributed by atoms with E-state index in [4.69, 9.17) is 5.10 Å². The predicted molar refractivity (Wildman–Crippen MR) is 119 cm³/mol. The standard InChI is InChI=1S/C23H27N5/c1-5-24-19-9-11-20(12-10-19)25-21-13-15-22(16-14-21)28(4)26-18(2)23-8-6-7-17-27(23)3/h6-17,26H,5H2,1-4H3/p+1. The largest absolute Gasteiger partial charge is 0.385 e. The van der Waals surface area contributed by atoms with E-state index in [0.717, 1.165) is 40.7 Å². The van der Waals surface area contributed by atoms with E-state index in [1.807, 2.05) is 44.4 Å². The Labute approximate surface area is 167 Å². The summed E-state index contributed by atoms with van der Waals surface area (Å²) in [6.07, 6.45) is 2.03. The molecule has 2 N–H and O–H groups in total. The van der Waals surface area contributed by atoms with E-state index in [2.05, 4.69) is 76.7 Å². The maximum Gasteiger partial charge on any atom is 0.228 e. The zero-order valence-electron chi connectivity index (χ0n) is 17.0. The van der Waals surface area contributed by atoms with E-state index in [1.165, 1.54) is 0 Å². The molecule has 28 heavy (non-hydrogen) atoms. The molecule has 5 nitrogen and oxygen atoms in total. The number of nitrogens with one attached hydrogen (secondary N) is 2. The number of hydrogen-bond donors (Lipinski definition) is 2. The lowest BCUT2D eigenvalue weighted by Crippen LogP contribution is -2.35. The molecule has 0 spiro atoms. The third-order valence-electron chi connectivity index (χ3n) is 4.52. The topological polar surface area (TPSA) is 43.5 Å². The van der Waals surface area contributed by atoms with Crippen LogP contribution in [0.3, 0.4) is 0 Å². The van der Waals surface area contributed by atoms with Crippen molar-refractivity contribution in [3.8, 4) is 0 Å². The molecule has 0 amide bonds. The van der Waals surface area contributed by atoms with Gasteiger partial charge in [0.15, 0.2) is 6.20 Å². The molecule has 0 unspecified atom stereocenters. The van der Waals surface area contributed by atoms with Gasteiger partial charge in [-0.05, 0) is 68.4 Å². The first-order valence-electron chi connectivity index (χ1n) is 9.52. The second-order valence-corrected chi connectivity index (χ2v) is 6.69. The maximum absolute atomic E-state index is 4.72. The number of hydrogen-bond acceptors (Lipinski definition) is 4. The Morgan fingerprint density at radius 2 is 1.54 bits per heavy atom. The van der Waals surface area contributed by atoms with Gasteiger partial charge >= 0.3 is 0 Å². The van der Waals surface area contributed by atoms with Crippen LogP contribution >= 0.6 is 0 Å². The molecule has 0 bridgehead atoms. The molecule has 0 fully saturated rings. The lowest BCUT2D eigenvalue weighted by Gasteiger charge is -2.15. The van der Waals surface area contributed by atoms with Gasteiger partial charge in [-0.25, -0.2) is 0 Å². The van der Waals surface area contributed by atoms with E-state index in [-0.39, 0.29) is 0 Å². The first-order valence-corrected chi connectivity index (χ1v) is 9.52. The number of hydrazone groups is 1. The van der Waals surface area contributed by atoms with Gasteiger partial charge in [-0.1, -0.05) is 0 Å². The number of benzene rings is 2. The fraction of sp³-hybridized carbons (Fsp3) is 0.217. The average Bonchev–Trinajstić information content (AvgIpc) is 2.70. The highest BCUT2D eigenvalue weighted by Gasteiger charge is 2.10. The number of aromatic nitrogens is 1. The summed E-state index contributed by atoms with van der Waals surface area (Å²) in [5, 5.41) is 13.4. The van der Waals surface area contributed by atoms with Crippen molar-refractivity contribution in [3.05, 3.63) is 78.6 Å². The van der Waals surface area contributed by atoms with Crippen LogP contribution in [-0.2, 0) is 7.05 Å². The van der Waals surface area contributed by atoms with Gasteiger partial charge in [-0.2, -0.15) is 9.67 Å². The molecule has 144 valence electrons. The molecule has 1 heterocycles. The Morgan fingerprint density at radius 1 is 0.929 bits per heavy atom. The van der Waals surface area contributed by atoms with E-state index < -0.39 is 0 Å². The van der Waals surface area contributed by atoms with Gasteiger partial charge in [0.05, 0.1) is 5.69 Å². The highest BCUT2D eigenvalue weighted by molar-refractivity contribution is 5.96. The lowest BCUT2D eigenvalue weighted by atomic mass is 10.2. The van der Waals surface area contributed by atoms with Gasteiger partial charge < -0.3 is 10.6 Å². The summed E-state index contributed by atoms with van der Waals surface area (Å²) in [5.41, 5.74) is 6.33. The molecule has 3 rings (SSSR count). The van der Waals surface area contributed by atoms with Crippen molar-refractivity contribution >= 4 is 28.5 Å². The van der Waals surface area contributed by atoms with E-state index in [9.17, 15) is 0 Å². The van der Waals surface area contributed by atoms with Crippen molar-refractivity contribution in [2.24, 2.45) is 12.1 Å². The van der Waals surface area contributed by atoms with Gasteiger partial charge in [-0.3, -0.25) is 5.01 Å². The van der Waals surface area contributed by atoms with E-state index >= 15 is 0 Å². The zero-order valence-corrected chi connectivity index (χ0v) is 17.0. The number of anilines is 4. The molecule has 0 saturated heterocycles. The quantitative estimate of drug-likeness (QED) is 0.362. The normalized spacial score (nSPS) is 11.2. The summed E-state index contributed by atoms with van der Waals surface area (Å²) in [6, 6.07) is 22.7. The molecule has 3 aromatic rings. The predicted octanol–water partition coefficient (Wildman–Crippen LogP) is 4.55. The molecule has 2 aromatic carbocycles. The SMILES string of the molecule is CCNc1ccc(Nc2ccc(N(C)/N=C(\C)c3cccc[n+]3C)cc2)cc1. The van der Waals surface area contributed by atoms with Crippen LogP contribution in [0.25, 0.3) is 0 Å². The minimum atomic E-state index is 0.923. The third-order valence-corrected chi connectivity index (χ3v) is 4.52. The van der Waals surface area contributed by atoms with E-state index in [1.54, 1.807) is 0 Å². The molecule has 5 heteroatoms. The molecule has 0 saturated carbocycles. The summed E-state index contributed by atoms with van der Waals surface area (Å²) in [6.45, 7) is 5.04. The monoisotopic (exact) mass is 374 g/mol. The van der Waals surface area contributed by atoms with Crippen molar-refractivity contribution < 1.29 is 4.57 Å². The highest BCUT2D eigenvalue weighted by atomic mass is 15.4. The Balaban J connectivity index is 1.68. The second-order valence-electron chi connectivity index (χ2n) is 6.69. The van der Waals surface area contributed by atoms with Crippen LogP contribution < -0.4 is 20.2 Å². The highest BCUT2D eigenvalue weighted by Crippen LogP contribution is 2.22. The van der Waals surface area contributed by atoms with Gasteiger partial charge in [0.1, 0.15) is 12.8 Å². The van der Waals surface area contributed by atoms with Crippen molar-refractivity contribution in [3.63, 3.8) is 0 Å². The molecular weight excluding hydrogens is 346 g/mol. The van der Waals surface area contributed by atoms with Crippen LogP contribution in [0.2, 0.25) is 0 Å². The first kappa shape index (κ1) is 19.4. The number of pyridine rings is 1.